The van der Waals surface area contributed by atoms with Gasteiger partial charge in [-0.3, -0.25) is 0 Å². The van der Waals surface area contributed by atoms with Crippen molar-refractivity contribution in [1.29, 1.82) is 0 Å². The largest absolute Gasteiger partial charge is 0.490 e. The van der Waals surface area contributed by atoms with Gasteiger partial charge in [-0.2, -0.15) is 0 Å². The van der Waals surface area contributed by atoms with E-state index < -0.39 is 0 Å². The van der Waals surface area contributed by atoms with Crippen molar-refractivity contribution in [1.82, 2.24) is 0 Å². The molecule has 3 unspecified atom stereocenters. The van der Waals surface area contributed by atoms with Crippen LogP contribution in [0.1, 0.15) is 109 Å². The van der Waals surface area contributed by atoms with Crippen molar-refractivity contribution >= 4 is 0 Å². The minimum Gasteiger partial charge on any atom is -0.490 e. The van der Waals surface area contributed by atoms with Gasteiger partial charge in [0.1, 0.15) is 55.4 Å². The molecule has 0 saturated carbocycles. The minimum absolute atomic E-state index is 0.0506. The van der Waals surface area contributed by atoms with Crippen LogP contribution in [0.15, 0.2) is 54.6 Å². The Morgan fingerprint density at radius 3 is 1.20 bits per heavy atom. The quantitative estimate of drug-likeness (QED) is 0.160. The summed E-state index contributed by atoms with van der Waals surface area (Å²) in [5, 5.41) is 0. The van der Waals surface area contributed by atoms with Gasteiger partial charge >= 0.3 is 0 Å². The van der Waals surface area contributed by atoms with Crippen LogP contribution in [-0.2, 0) is 42.3 Å². The zero-order chi connectivity index (χ0) is 35.2. The van der Waals surface area contributed by atoms with E-state index >= 15 is 0 Å². The number of hydrogen-bond donors (Lipinski definition) is 0. The first-order valence-electron chi connectivity index (χ1n) is 18.2. The Kier molecular flexibility index (Phi) is 9.91. The first-order chi connectivity index (χ1) is 23.0. The van der Waals surface area contributed by atoms with Gasteiger partial charge in [0.15, 0.2) is 0 Å². The molecular weight excluding hydrogens is 612 g/mol. The van der Waals surface area contributed by atoms with E-state index in [4.69, 9.17) is 28.4 Å². The van der Waals surface area contributed by atoms with Crippen LogP contribution < -0.4 is 14.2 Å². The Balaban J connectivity index is 1.38. The van der Waals surface area contributed by atoms with E-state index in [1.165, 1.54) is 33.4 Å². The number of hydrogen-bond acceptors (Lipinski definition) is 6. The Bertz CT molecular complexity index is 1530. The number of aryl methyl sites for hydroxylation is 1. The fourth-order valence-electron chi connectivity index (χ4n) is 6.51. The summed E-state index contributed by atoms with van der Waals surface area (Å²) < 4.78 is 35.3. The third-order valence-corrected chi connectivity index (χ3v) is 10.1. The molecule has 6 rings (SSSR count). The second kappa shape index (κ2) is 13.6. The van der Waals surface area contributed by atoms with Gasteiger partial charge in [0, 0.05) is 5.41 Å². The lowest BCUT2D eigenvalue weighted by molar-refractivity contribution is 0.258. The summed E-state index contributed by atoms with van der Waals surface area (Å²) in [5.74, 6) is 2.84. The van der Waals surface area contributed by atoms with E-state index in [-0.39, 0.29) is 40.0 Å². The molecule has 0 radical (unpaired) electrons. The Morgan fingerprint density at radius 2 is 0.857 bits per heavy atom. The van der Waals surface area contributed by atoms with E-state index in [0.717, 1.165) is 49.9 Å². The molecule has 0 spiro atoms. The zero-order valence-electron chi connectivity index (χ0n) is 31.5. The molecule has 0 aromatic heterocycles. The van der Waals surface area contributed by atoms with Crippen molar-refractivity contribution in [3.05, 3.63) is 88.0 Å². The van der Waals surface area contributed by atoms with Crippen LogP contribution in [0.25, 0.3) is 0 Å². The average molecular weight is 671 g/mol. The van der Waals surface area contributed by atoms with Gasteiger partial charge in [0.25, 0.3) is 0 Å². The highest BCUT2D eigenvalue weighted by Crippen LogP contribution is 2.44. The first-order valence-corrected chi connectivity index (χ1v) is 18.2. The van der Waals surface area contributed by atoms with Crippen LogP contribution >= 0.6 is 0 Å². The molecule has 6 nitrogen and oxygen atoms in total. The summed E-state index contributed by atoms with van der Waals surface area (Å²) in [7, 11) is 0. The van der Waals surface area contributed by atoms with Crippen LogP contribution in [0, 0.1) is 0 Å². The number of epoxide rings is 3. The summed E-state index contributed by atoms with van der Waals surface area (Å²) >= 11 is 0. The maximum atomic E-state index is 6.34. The number of benzene rings is 3. The molecule has 3 heterocycles. The van der Waals surface area contributed by atoms with E-state index in [9.17, 15) is 0 Å². The molecule has 0 N–H and O–H groups in total. The van der Waals surface area contributed by atoms with Crippen molar-refractivity contribution in [2.24, 2.45) is 0 Å². The summed E-state index contributed by atoms with van der Waals surface area (Å²) in [6.07, 6.45) is 2.47. The SMILES string of the molecule is CC(C)(C)c1cc(CCC(C)(c2ccc(OCC3CO3)c(C(C)(C)C)c2)c2ccc(OCC3CO3)c(C(C)(C)C)c2)ccc1OCC1CO1. The van der Waals surface area contributed by atoms with E-state index in [0.29, 0.717) is 19.8 Å². The van der Waals surface area contributed by atoms with E-state index in [1.807, 2.05) is 0 Å². The van der Waals surface area contributed by atoms with Crippen LogP contribution in [0.2, 0.25) is 0 Å². The molecule has 0 bridgehead atoms. The lowest BCUT2D eigenvalue weighted by Crippen LogP contribution is -2.27. The summed E-state index contributed by atoms with van der Waals surface area (Å²) in [4.78, 5) is 0. The molecule has 3 atom stereocenters. The Morgan fingerprint density at radius 1 is 0.510 bits per heavy atom. The maximum Gasteiger partial charge on any atom is 0.123 e. The molecule has 0 amide bonds. The van der Waals surface area contributed by atoms with Crippen molar-refractivity contribution < 1.29 is 28.4 Å². The predicted octanol–water partition coefficient (Wildman–Crippen LogP) is 8.85. The molecule has 49 heavy (non-hydrogen) atoms. The molecule has 6 heteroatoms. The topological polar surface area (TPSA) is 65.3 Å². The van der Waals surface area contributed by atoms with Gasteiger partial charge in [0.05, 0.1) is 19.8 Å². The second-order valence-electron chi connectivity index (χ2n) is 17.6. The summed E-state index contributed by atoms with van der Waals surface area (Å²) in [6, 6.07) is 20.5. The van der Waals surface area contributed by atoms with E-state index in [1.54, 1.807) is 0 Å². The van der Waals surface area contributed by atoms with Gasteiger partial charge in [-0.1, -0.05) is 106 Å². The lowest BCUT2D eigenvalue weighted by atomic mass is 9.69. The van der Waals surface area contributed by atoms with Crippen LogP contribution in [0.5, 0.6) is 17.2 Å². The first kappa shape index (κ1) is 35.8. The van der Waals surface area contributed by atoms with Crippen molar-refractivity contribution in [3.8, 4) is 17.2 Å². The van der Waals surface area contributed by atoms with Crippen LogP contribution in [-0.4, -0.2) is 58.0 Å². The standard InChI is InChI=1S/C43H58O6/c1-40(2,3)34-19-28(11-14-37(34)47-25-31-22-44-31)17-18-43(10,29-12-15-38(48-26-32-23-45-32)35(20-29)41(4,5)6)30-13-16-39(49-27-33-24-46-33)36(21-30)42(7,8)9/h11-16,19-21,31-33H,17-18,22-27H2,1-10H3. The second-order valence-corrected chi connectivity index (χ2v) is 17.6. The van der Waals surface area contributed by atoms with Gasteiger partial charge in [-0.25, -0.2) is 0 Å². The third kappa shape index (κ3) is 9.00. The smallest absolute Gasteiger partial charge is 0.123 e. The molecule has 0 aliphatic carbocycles. The highest BCUT2D eigenvalue weighted by atomic mass is 16.6. The maximum absolute atomic E-state index is 6.34. The molecule has 3 saturated heterocycles. The average Bonchev–Trinajstić information content (AvgIpc) is 3.89. The molecule has 3 aromatic rings. The molecule has 3 aliphatic heterocycles. The normalized spacial score (nSPS) is 21.6. The summed E-state index contributed by atoms with van der Waals surface area (Å²) in [5.41, 5.74) is 7.01. The molecular formula is C43H58O6. The minimum atomic E-state index is -0.295. The van der Waals surface area contributed by atoms with Crippen molar-refractivity contribution in [2.45, 2.75) is 122 Å². The van der Waals surface area contributed by atoms with Gasteiger partial charge in [0.2, 0.25) is 0 Å². The predicted molar refractivity (Wildman–Crippen MR) is 196 cm³/mol. The molecule has 3 fully saturated rings. The Labute approximate surface area is 294 Å². The van der Waals surface area contributed by atoms with Crippen molar-refractivity contribution in [3.63, 3.8) is 0 Å². The third-order valence-electron chi connectivity index (χ3n) is 10.1. The zero-order valence-corrected chi connectivity index (χ0v) is 31.5. The summed E-state index contributed by atoms with van der Waals surface area (Å²) in [6.45, 7) is 26.9. The van der Waals surface area contributed by atoms with E-state index in [2.05, 4.69) is 124 Å². The van der Waals surface area contributed by atoms with Gasteiger partial charge < -0.3 is 28.4 Å². The van der Waals surface area contributed by atoms with Crippen molar-refractivity contribution in [2.75, 3.05) is 39.6 Å². The Hall–Kier alpha value is -3.06. The molecule has 3 aromatic carbocycles. The monoisotopic (exact) mass is 670 g/mol. The highest BCUT2D eigenvalue weighted by Gasteiger charge is 2.35. The molecule has 266 valence electrons. The fourth-order valence-corrected chi connectivity index (χ4v) is 6.51. The highest BCUT2D eigenvalue weighted by molar-refractivity contribution is 5.51. The number of ether oxygens (including phenoxy) is 6. The number of rotatable bonds is 14. The van der Waals surface area contributed by atoms with Crippen LogP contribution in [0.4, 0.5) is 0 Å². The van der Waals surface area contributed by atoms with Gasteiger partial charge in [-0.15, -0.1) is 0 Å². The molecule has 3 aliphatic rings. The van der Waals surface area contributed by atoms with Gasteiger partial charge in [-0.05, 0) is 80.7 Å². The lowest BCUT2D eigenvalue weighted by Gasteiger charge is -2.35. The fraction of sp³-hybridized carbons (Fsp3) is 0.581. The van der Waals surface area contributed by atoms with Crippen LogP contribution in [0.3, 0.4) is 0 Å².